The molecular formula is C17H21N3O3S. The molecule has 7 heteroatoms. The molecule has 1 amide bonds. The maximum Gasteiger partial charge on any atom is 0.238 e. The van der Waals surface area contributed by atoms with Crippen LogP contribution in [0.15, 0.2) is 53.7 Å². The van der Waals surface area contributed by atoms with E-state index in [1.54, 1.807) is 24.5 Å². The predicted molar refractivity (Wildman–Crippen MR) is 93.5 cm³/mol. The van der Waals surface area contributed by atoms with Gasteiger partial charge in [0.2, 0.25) is 5.91 Å². The lowest BCUT2D eigenvalue weighted by Gasteiger charge is -2.24. The number of hydrogen-bond donors (Lipinski definition) is 1. The minimum atomic E-state index is -3.24. The van der Waals surface area contributed by atoms with Crippen molar-refractivity contribution in [1.82, 2.24) is 9.88 Å². The summed E-state index contributed by atoms with van der Waals surface area (Å²) in [4.78, 5) is 18.4. The lowest BCUT2D eigenvalue weighted by Crippen LogP contribution is -2.32. The molecule has 6 nitrogen and oxygen atoms in total. The minimum absolute atomic E-state index is 0.0528. The summed E-state index contributed by atoms with van der Waals surface area (Å²) in [5.74, 6) is -0.166. The number of anilines is 1. The van der Waals surface area contributed by atoms with Gasteiger partial charge in [-0.25, -0.2) is 8.42 Å². The van der Waals surface area contributed by atoms with Crippen molar-refractivity contribution in [3.05, 3.63) is 54.4 Å². The van der Waals surface area contributed by atoms with Crippen molar-refractivity contribution in [2.24, 2.45) is 0 Å². The van der Waals surface area contributed by atoms with Gasteiger partial charge in [-0.05, 0) is 49.9 Å². The molecule has 128 valence electrons. The Morgan fingerprint density at radius 1 is 1.25 bits per heavy atom. The van der Waals surface area contributed by atoms with Crippen LogP contribution < -0.4 is 5.32 Å². The van der Waals surface area contributed by atoms with Crippen LogP contribution in [0.5, 0.6) is 0 Å². The Morgan fingerprint density at radius 3 is 2.46 bits per heavy atom. The van der Waals surface area contributed by atoms with Crippen LogP contribution in [0.3, 0.4) is 0 Å². The number of carbonyl (C=O) groups is 1. The van der Waals surface area contributed by atoms with Crippen LogP contribution in [0, 0.1) is 0 Å². The van der Waals surface area contributed by atoms with Crippen molar-refractivity contribution in [3.8, 4) is 0 Å². The van der Waals surface area contributed by atoms with Gasteiger partial charge in [0, 0.05) is 30.4 Å². The molecule has 1 aromatic heterocycles. The number of amides is 1. The summed E-state index contributed by atoms with van der Waals surface area (Å²) >= 11 is 0. The smallest absolute Gasteiger partial charge is 0.238 e. The molecule has 0 fully saturated rings. The van der Waals surface area contributed by atoms with Crippen molar-refractivity contribution >= 4 is 21.4 Å². The maximum atomic E-state index is 12.2. The largest absolute Gasteiger partial charge is 0.325 e. The van der Waals surface area contributed by atoms with Crippen LogP contribution in [0.2, 0.25) is 0 Å². The molecule has 1 N–H and O–H groups in total. The molecule has 0 saturated heterocycles. The molecular weight excluding hydrogens is 326 g/mol. The highest BCUT2D eigenvalue weighted by molar-refractivity contribution is 7.90. The molecule has 1 atom stereocenters. The van der Waals surface area contributed by atoms with Gasteiger partial charge in [-0.3, -0.25) is 14.7 Å². The third kappa shape index (κ3) is 4.87. The Hall–Kier alpha value is -2.25. The summed E-state index contributed by atoms with van der Waals surface area (Å²) in [7, 11) is -1.37. The van der Waals surface area contributed by atoms with Crippen LogP contribution in [0.25, 0.3) is 0 Å². The van der Waals surface area contributed by atoms with E-state index in [-0.39, 0.29) is 23.4 Å². The Balaban J connectivity index is 1.95. The van der Waals surface area contributed by atoms with E-state index in [1.807, 2.05) is 31.0 Å². The summed E-state index contributed by atoms with van der Waals surface area (Å²) in [5, 5.41) is 2.77. The number of benzene rings is 1. The van der Waals surface area contributed by atoms with E-state index in [0.717, 1.165) is 11.8 Å². The summed E-state index contributed by atoms with van der Waals surface area (Å²) in [6, 6.07) is 10.0. The van der Waals surface area contributed by atoms with Gasteiger partial charge in [0.15, 0.2) is 9.84 Å². The average molecular weight is 347 g/mol. The second-order valence-corrected chi connectivity index (χ2v) is 7.74. The Bertz CT molecular complexity index is 790. The Labute approximate surface area is 142 Å². The maximum absolute atomic E-state index is 12.2. The minimum Gasteiger partial charge on any atom is -0.325 e. The molecule has 1 aromatic carbocycles. The zero-order chi connectivity index (χ0) is 17.7. The van der Waals surface area contributed by atoms with Crippen LogP contribution in [0.1, 0.15) is 18.5 Å². The third-order valence-electron chi connectivity index (χ3n) is 3.79. The average Bonchev–Trinajstić information content (AvgIpc) is 2.54. The van der Waals surface area contributed by atoms with Gasteiger partial charge in [0.1, 0.15) is 0 Å². The number of likely N-dealkylation sites (N-methyl/N-ethyl adjacent to an activating group) is 1. The molecule has 2 rings (SSSR count). The molecule has 0 unspecified atom stereocenters. The summed E-state index contributed by atoms with van der Waals surface area (Å²) in [6.07, 6.45) is 4.64. The van der Waals surface area contributed by atoms with E-state index in [0.29, 0.717) is 5.69 Å². The van der Waals surface area contributed by atoms with Crippen molar-refractivity contribution < 1.29 is 13.2 Å². The van der Waals surface area contributed by atoms with Crippen molar-refractivity contribution in [3.63, 3.8) is 0 Å². The van der Waals surface area contributed by atoms with Crippen LogP contribution in [-0.4, -0.2) is 44.1 Å². The first-order chi connectivity index (χ1) is 11.3. The SMILES string of the molecule is C[C@H](c1cccnc1)N(C)CC(=O)Nc1ccc(S(C)(=O)=O)cc1. The van der Waals surface area contributed by atoms with Crippen molar-refractivity contribution in [2.75, 3.05) is 25.2 Å². The molecule has 2 aromatic rings. The number of sulfone groups is 1. The molecule has 0 aliphatic carbocycles. The first-order valence-electron chi connectivity index (χ1n) is 7.47. The standard InChI is InChI=1S/C17H21N3O3S/c1-13(14-5-4-10-18-11-14)20(2)12-17(21)19-15-6-8-16(9-7-15)24(3,22)23/h4-11,13H,12H2,1-3H3,(H,19,21)/t13-/m1/s1. The van der Waals surface area contributed by atoms with Gasteiger partial charge in [0.25, 0.3) is 0 Å². The van der Waals surface area contributed by atoms with E-state index in [2.05, 4.69) is 10.3 Å². The lowest BCUT2D eigenvalue weighted by molar-refractivity contribution is -0.117. The number of nitrogens with zero attached hydrogens (tertiary/aromatic N) is 2. The summed E-state index contributed by atoms with van der Waals surface area (Å²) < 4.78 is 22.8. The van der Waals surface area contributed by atoms with E-state index in [9.17, 15) is 13.2 Å². The van der Waals surface area contributed by atoms with Crippen molar-refractivity contribution in [2.45, 2.75) is 17.9 Å². The second kappa shape index (κ2) is 7.55. The van der Waals surface area contributed by atoms with Gasteiger partial charge in [0.05, 0.1) is 11.4 Å². The molecule has 0 spiro atoms. The molecule has 1 heterocycles. The van der Waals surface area contributed by atoms with Crippen LogP contribution in [0.4, 0.5) is 5.69 Å². The first-order valence-corrected chi connectivity index (χ1v) is 9.36. The molecule has 0 aliphatic heterocycles. The zero-order valence-electron chi connectivity index (χ0n) is 13.9. The van der Waals surface area contributed by atoms with Crippen LogP contribution in [-0.2, 0) is 14.6 Å². The van der Waals surface area contributed by atoms with Crippen LogP contribution >= 0.6 is 0 Å². The highest BCUT2D eigenvalue weighted by Crippen LogP contribution is 2.17. The highest BCUT2D eigenvalue weighted by atomic mass is 32.2. The molecule has 0 bridgehead atoms. The fraction of sp³-hybridized carbons (Fsp3) is 0.294. The van der Waals surface area contributed by atoms with Gasteiger partial charge in [-0.15, -0.1) is 0 Å². The quantitative estimate of drug-likeness (QED) is 0.866. The lowest BCUT2D eigenvalue weighted by atomic mass is 10.1. The fourth-order valence-electron chi connectivity index (χ4n) is 2.23. The van der Waals surface area contributed by atoms with E-state index >= 15 is 0 Å². The molecule has 0 saturated carbocycles. The second-order valence-electron chi connectivity index (χ2n) is 5.72. The number of aromatic nitrogens is 1. The van der Waals surface area contributed by atoms with Gasteiger partial charge in [-0.1, -0.05) is 6.07 Å². The normalized spacial score (nSPS) is 12.8. The molecule has 0 radical (unpaired) electrons. The topological polar surface area (TPSA) is 79.4 Å². The number of pyridine rings is 1. The number of carbonyl (C=O) groups excluding carboxylic acids is 1. The summed E-state index contributed by atoms with van der Waals surface area (Å²) in [5.41, 5.74) is 1.60. The monoisotopic (exact) mass is 347 g/mol. The van der Waals surface area contributed by atoms with Gasteiger partial charge < -0.3 is 5.32 Å². The van der Waals surface area contributed by atoms with Gasteiger partial charge in [-0.2, -0.15) is 0 Å². The third-order valence-corrected chi connectivity index (χ3v) is 4.92. The highest BCUT2D eigenvalue weighted by Gasteiger charge is 2.15. The first kappa shape index (κ1) is 18.1. The predicted octanol–water partition coefficient (Wildman–Crippen LogP) is 2.12. The zero-order valence-corrected chi connectivity index (χ0v) is 14.7. The molecule has 0 aliphatic rings. The van der Waals surface area contributed by atoms with E-state index in [1.165, 1.54) is 12.1 Å². The number of hydrogen-bond acceptors (Lipinski definition) is 5. The number of nitrogens with one attached hydrogen (secondary N) is 1. The van der Waals surface area contributed by atoms with Gasteiger partial charge >= 0.3 is 0 Å². The molecule has 24 heavy (non-hydrogen) atoms. The van der Waals surface area contributed by atoms with E-state index < -0.39 is 9.84 Å². The fourth-order valence-corrected chi connectivity index (χ4v) is 2.86. The Morgan fingerprint density at radius 2 is 1.92 bits per heavy atom. The summed E-state index contributed by atoms with van der Waals surface area (Å²) in [6.45, 7) is 2.22. The van der Waals surface area contributed by atoms with Crippen molar-refractivity contribution in [1.29, 1.82) is 0 Å². The Kier molecular flexibility index (Phi) is 5.69. The van der Waals surface area contributed by atoms with E-state index in [4.69, 9.17) is 0 Å². The number of rotatable bonds is 6.